The molecule has 0 spiro atoms. The van der Waals surface area contributed by atoms with E-state index >= 15 is 0 Å². The zero-order valence-electron chi connectivity index (χ0n) is 17.1. The van der Waals surface area contributed by atoms with Gasteiger partial charge in [-0.2, -0.15) is 0 Å². The molecule has 0 aromatic heterocycles. The van der Waals surface area contributed by atoms with Crippen LogP contribution in [0, 0.1) is 12.3 Å². The van der Waals surface area contributed by atoms with E-state index in [4.69, 9.17) is 34.8 Å². The number of allylic oxidation sites excluding steroid dienone is 2. The quantitative estimate of drug-likeness (QED) is 0.476. The van der Waals surface area contributed by atoms with E-state index in [0.717, 1.165) is 16.8 Å². The van der Waals surface area contributed by atoms with E-state index in [1.807, 2.05) is 25.1 Å². The van der Waals surface area contributed by atoms with Crippen molar-refractivity contribution in [3.05, 3.63) is 73.9 Å². The van der Waals surface area contributed by atoms with Crippen LogP contribution in [-0.4, -0.2) is 11.7 Å². The molecule has 1 heterocycles. The number of amides is 1. The minimum atomic E-state index is -0.331. The van der Waals surface area contributed by atoms with Gasteiger partial charge in [-0.3, -0.25) is 14.5 Å². The van der Waals surface area contributed by atoms with E-state index in [1.165, 1.54) is 0 Å². The third kappa shape index (κ3) is 3.79. The third-order valence-corrected chi connectivity index (χ3v) is 7.05. The summed E-state index contributed by atoms with van der Waals surface area (Å²) in [5.74, 6) is -0.314. The molecular formula is C24H22Cl3NO2. The third-order valence-electron chi connectivity index (χ3n) is 5.90. The zero-order valence-corrected chi connectivity index (χ0v) is 19.3. The summed E-state index contributed by atoms with van der Waals surface area (Å²) < 4.78 is 0. The number of ketones is 1. The van der Waals surface area contributed by atoms with Crippen LogP contribution < -0.4 is 4.90 Å². The Morgan fingerprint density at radius 1 is 0.933 bits per heavy atom. The van der Waals surface area contributed by atoms with Crippen molar-refractivity contribution >= 4 is 52.2 Å². The number of hydrogen-bond donors (Lipinski definition) is 0. The predicted octanol–water partition coefficient (Wildman–Crippen LogP) is 7.12. The highest BCUT2D eigenvalue weighted by Gasteiger charge is 2.44. The van der Waals surface area contributed by atoms with Crippen LogP contribution in [0.15, 0.2) is 47.7 Å². The SMILES string of the molecule is Cc1ccc(N2C(=O)CC(c3ccc(Cl)c(Cl)c3)C3=C2CC(C)(C)CC3=O)cc1Cl. The van der Waals surface area contributed by atoms with Crippen molar-refractivity contribution in [1.29, 1.82) is 0 Å². The number of Topliss-reactive ketones (excluding diaryl/α,β-unsaturated/α-hetero) is 1. The average molecular weight is 463 g/mol. The van der Waals surface area contributed by atoms with E-state index in [9.17, 15) is 9.59 Å². The molecule has 2 aromatic rings. The summed E-state index contributed by atoms with van der Waals surface area (Å²) in [5.41, 5.74) is 3.70. The molecule has 4 rings (SSSR count). The summed E-state index contributed by atoms with van der Waals surface area (Å²) in [6.07, 6.45) is 1.26. The Balaban J connectivity index is 1.91. The Morgan fingerprint density at radius 2 is 1.67 bits per heavy atom. The van der Waals surface area contributed by atoms with Gasteiger partial charge in [0.25, 0.3) is 0 Å². The molecule has 2 aromatic carbocycles. The Labute approximate surface area is 191 Å². The van der Waals surface area contributed by atoms with Crippen LogP contribution >= 0.6 is 34.8 Å². The van der Waals surface area contributed by atoms with Crippen molar-refractivity contribution in [2.75, 3.05) is 4.90 Å². The number of aryl methyl sites for hydroxylation is 1. The van der Waals surface area contributed by atoms with Gasteiger partial charge in [-0.15, -0.1) is 0 Å². The molecule has 0 fully saturated rings. The van der Waals surface area contributed by atoms with Gasteiger partial charge < -0.3 is 0 Å². The Kier molecular flexibility index (Phi) is 5.50. The first kappa shape index (κ1) is 21.4. The minimum Gasteiger partial charge on any atom is -0.294 e. The van der Waals surface area contributed by atoms with E-state index < -0.39 is 0 Å². The molecule has 1 unspecified atom stereocenters. The van der Waals surface area contributed by atoms with Gasteiger partial charge in [-0.1, -0.05) is 60.8 Å². The normalized spacial score (nSPS) is 21.1. The smallest absolute Gasteiger partial charge is 0.232 e. The maximum absolute atomic E-state index is 13.4. The van der Waals surface area contributed by atoms with E-state index in [0.29, 0.717) is 39.2 Å². The van der Waals surface area contributed by atoms with Crippen molar-refractivity contribution in [3.8, 4) is 0 Å². The molecule has 0 saturated heterocycles. The van der Waals surface area contributed by atoms with Crippen LogP contribution in [0.5, 0.6) is 0 Å². The monoisotopic (exact) mass is 461 g/mol. The van der Waals surface area contributed by atoms with E-state index in [2.05, 4.69) is 13.8 Å². The second kappa shape index (κ2) is 7.71. The zero-order chi connectivity index (χ0) is 21.8. The number of benzene rings is 2. The minimum absolute atomic E-state index is 0.0600. The number of rotatable bonds is 2. The second-order valence-corrected chi connectivity index (χ2v) is 10.1. The molecule has 3 nitrogen and oxygen atoms in total. The van der Waals surface area contributed by atoms with Gasteiger partial charge in [0.05, 0.1) is 15.7 Å². The summed E-state index contributed by atoms with van der Waals surface area (Å²) in [7, 11) is 0. The van der Waals surface area contributed by atoms with Gasteiger partial charge in [0, 0.05) is 35.1 Å². The van der Waals surface area contributed by atoms with Gasteiger partial charge >= 0.3 is 0 Å². The molecule has 0 saturated carbocycles. The summed E-state index contributed by atoms with van der Waals surface area (Å²) >= 11 is 18.7. The van der Waals surface area contributed by atoms with Crippen LogP contribution in [0.1, 0.15) is 50.2 Å². The number of hydrogen-bond acceptors (Lipinski definition) is 2. The van der Waals surface area contributed by atoms with Crippen LogP contribution in [-0.2, 0) is 9.59 Å². The van der Waals surface area contributed by atoms with Crippen LogP contribution in [0.2, 0.25) is 15.1 Å². The van der Waals surface area contributed by atoms with Crippen LogP contribution in [0.25, 0.3) is 0 Å². The van der Waals surface area contributed by atoms with Crippen molar-refractivity contribution in [3.63, 3.8) is 0 Å². The Hall–Kier alpha value is -1.81. The summed E-state index contributed by atoms with van der Waals surface area (Å²) in [6.45, 7) is 6.03. The highest BCUT2D eigenvalue weighted by Crippen LogP contribution is 2.48. The fourth-order valence-corrected chi connectivity index (χ4v) is 4.93. The van der Waals surface area contributed by atoms with Gasteiger partial charge in [0.15, 0.2) is 5.78 Å². The molecule has 6 heteroatoms. The second-order valence-electron chi connectivity index (χ2n) is 8.89. The summed E-state index contributed by atoms with van der Waals surface area (Å²) in [5, 5.41) is 1.46. The van der Waals surface area contributed by atoms with Gasteiger partial charge in [0.2, 0.25) is 5.91 Å². The molecule has 2 aliphatic rings. The van der Waals surface area contributed by atoms with Crippen molar-refractivity contribution in [1.82, 2.24) is 0 Å². The number of anilines is 1. The van der Waals surface area contributed by atoms with Gasteiger partial charge in [-0.05, 0) is 54.2 Å². The maximum Gasteiger partial charge on any atom is 0.232 e. The lowest BCUT2D eigenvalue weighted by Gasteiger charge is -2.43. The largest absolute Gasteiger partial charge is 0.294 e. The molecule has 1 aliphatic heterocycles. The van der Waals surface area contributed by atoms with E-state index in [-0.39, 0.29) is 29.4 Å². The predicted molar refractivity (Wildman–Crippen MR) is 123 cm³/mol. The lowest BCUT2D eigenvalue weighted by molar-refractivity contribution is -0.121. The molecule has 0 bridgehead atoms. The molecule has 30 heavy (non-hydrogen) atoms. The molecule has 1 atom stereocenters. The summed E-state index contributed by atoms with van der Waals surface area (Å²) in [6, 6.07) is 10.9. The van der Waals surface area contributed by atoms with E-state index in [1.54, 1.807) is 23.1 Å². The lowest BCUT2D eigenvalue weighted by atomic mass is 9.69. The highest BCUT2D eigenvalue weighted by molar-refractivity contribution is 6.42. The van der Waals surface area contributed by atoms with Crippen LogP contribution in [0.3, 0.4) is 0 Å². The standard InChI is InChI=1S/C24H22Cl3NO2/c1-13-4-6-15(9-18(13)26)28-20-11-24(2,3)12-21(29)23(20)16(10-22(28)30)14-5-7-17(25)19(27)8-14/h4-9,16H,10-12H2,1-3H3. The highest BCUT2D eigenvalue weighted by atomic mass is 35.5. The first-order valence-electron chi connectivity index (χ1n) is 9.88. The fourth-order valence-electron chi connectivity index (χ4n) is 4.45. The summed E-state index contributed by atoms with van der Waals surface area (Å²) in [4.78, 5) is 28.4. The average Bonchev–Trinajstić information content (AvgIpc) is 2.64. The number of carbonyl (C=O) groups is 2. The van der Waals surface area contributed by atoms with Crippen LogP contribution in [0.4, 0.5) is 5.69 Å². The van der Waals surface area contributed by atoms with Crippen molar-refractivity contribution in [2.24, 2.45) is 5.41 Å². The molecule has 1 amide bonds. The van der Waals surface area contributed by atoms with Gasteiger partial charge in [-0.25, -0.2) is 0 Å². The first-order valence-corrected chi connectivity index (χ1v) is 11.0. The number of nitrogens with zero attached hydrogens (tertiary/aromatic N) is 1. The number of carbonyl (C=O) groups excluding carboxylic acids is 2. The molecule has 0 N–H and O–H groups in total. The first-order chi connectivity index (χ1) is 14.1. The molecular weight excluding hydrogens is 441 g/mol. The fraction of sp³-hybridized carbons (Fsp3) is 0.333. The number of halogens is 3. The van der Waals surface area contributed by atoms with Gasteiger partial charge in [0.1, 0.15) is 0 Å². The Bertz CT molecular complexity index is 1100. The lowest BCUT2D eigenvalue weighted by Crippen LogP contribution is -2.43. The van der Waals surface area contributed by atoms with Crippen molar-refractivity contribution in [2.45, 2.75) is 46.0 Å². The Morgan fingerprint density at radius 3 is 2.33 bits per heavy atom. The topological polar surface area (TPSA) is 37.4 Å². The molecule has 0 radical (unpaired) electrons. The maximum atomic E-state index is 13.4. The van der Waals surface area contributed by atoms with Crippen molar-refractivity contribution < 1.29 is 9.59 Å². The molecule has 1 aliphatic carbocycles. The molecule has 156 valence electrons.